The number of rotatable bonds is 4. The average Bonchev–Trinajstić information content (AvgIpc) is 3.28. The van der Waals surface area contributed by atoms with E-state index in [0.29, 0.717) is 29.7 Å². The van der Waals surface area contributed by atoms with Crippen molar-refractivity contribution in [3.8, 4) is 0 Å². The Hall–Kier alpha value is -3.65. The second kappa shape index (κ2) is 9.67. The van der Waals surface area contributed by atoms with Crippen LogP contribution in [0.5, 0.6) is 0 Å². The molecule has 5 rings (SSSR count). The van der Waals surface area contributed by atoms with Crippen molar-refractivity contribution in [1.29, 1.82) is 0 Å². The number of thiophene rings is 1. The summed E-state index contributed by atoms with van der Waals surface area (Å²) in [7, 11) is 0. The van der Waals surface area contributed by atoms with E-state index in [9.17, 15) is 22.8 Å². The van der Waals surface area contributed by atoms with Crippen molar-refractivity contribution < 1.29 is 22.8 Å². The largest absolute Gasteiger partial charge is 0.416 e. The number of amides is 1. The van der Waals surface area contributed by atoms with Crippen LogP contribution in [0, 0.1) is 6.92 Å². The van der Waals surface area contributed by atoms with Crippen molar-refractivity contribution >= 4 is 28.7 Å². The second-order valence-corrected chi connectivity index (χ2v) is 10.4. The molecule has 4 nitrogen and oxygen atoms in total. The average molecular weight is 523 g/mol. The van der Waals surface area contributed by atoms with Crippen molar-refractivity contribution in [2.24, 2.45) is 0 Å². The maximum absolute atomic E-state index is 13.6. The number of halogens is 3. The molecule has 0 spiro atoms. The van der Waals surface area contributed by atoms with E-state index in [0.717, 1.165) is 33.8 Å². The standard InChI is InChI=1S/C29H25F3N2O2S/c1-16-11-12-37-27(16)26-24(28(36)34-21-10-6-9-20(15-21)29(30,31)32)17(2)33-22-13-19(14-23(35)25(22)26)18-7-4-3-5-8-18/h3-12,15,19,26,33H,13-14H2,1-2H3,(H,34,36)/t19-,26-/m1/s1. The fraction of sp³-hybridized carbons (Fsp3) is 0.241. The minimum absolute atomic E-state index is 0.0262. The SMILES string of the molecule is CC1=C(C(=O)Nc2cccc(C(F)(F)F)c2)[C@@H](c2sccc2C)C2=C(C[C@@H](c3ccccc3)CC2=O)N1. The van der Waals surface area contributed by atoms with Gasteiger partial charge in [0.1, 0.15) is 0 Å². The summed E-state index contributed by atoms with van der Waals surface area (Å²) in [5, 5.41) is 7.88. The molecule has 3 aromatic rings. The van der Waals surface area contributed by atoms with Gasteiger partial charge in [0.2, 0.25) is 0 Å². The minimum Gasteiger partial charge on any atom is -0.362 e. The molecule has 2 atom stereocenters. The van der Waals surface area contributed by atoms with Gasteiger partial charge in [0.05, 0.1) is 11.5 Å². The van der Waals surface area contributed by atoms with Crippen LogP contribution in [0.1, 0.15) is 53.2 Å². The van der Waals surface area contributed by atoms with E-state index >= 15 is 0 Å². The highest BCUT2D eigenvalue weighted by molar-refractivity contribution is 7.10. The van der Waals surface area contributed by atoms with Crippen LogP contribution >= 0.6 is 11.3 Å². The summed E-state index contributed by atoms with van der Waals surface area (Å²) in [4.78, 5) is 28.1. The van der Waals surface area contributed by atoms with Crippen LogP contribution in [0.3, 0.4) is 0 Å². The number of anilines is 1. The maximum Gasteiger partial charge on any atom is 0.416 e. The van der Waals surface area contributed by atoms with E-state index < -0.39 is 23.6 Å². The molecule has 0 bridgehead atoms. The lowest BCUT2D eigenvalue weighted by atomic mass is 9.73. The second-order valence-electron chi connectivity index (χ2n) is 9.43. The zero-order chi connectivity index (χ0) is 26.3. The molecule has 8 heteroatoms. The lowest BCUT2D eigenvalue weighted by Gasteiger charge is -2.36. The molecule has 0 saturated carbocycles. The molecule has 2 N–H and O–H groups in total. The first kappa shape index (κ1) is 25.0. The molecule has 2 aromatic carbocycles. The summed E-state index contributed by atoms with van der Waals surface area (Å²) in [5.41, 5.74) is 3.54. The Labute approximate surface area is 216 Å². The maximum atomic E-state index is 13.6. The van der Waals surface area contributed by atoms with Crippen LogP contribution in [-0.2, 0) is 15.8 Å². The highest BCUT2D eigenvalue weighted by atomic mass is 32.1. The summed E-state index contributed by atoms with van der Waals surface area (Å²) in [6.07, 6.45) is -3.57. The summed E-state index contributed by atoms with van der Waals surface area (Å²) < 4.78 is 39.7. The lowest BCUT2D eigenvalue weighted by Crippen LogP contribution is -2.37. The molecule has 1 aromatic heterocycles. The highest BCUT2D eigenvalue weighted by Gasteiger charge is 2.42. The first-order valence-electron chi connectivity index (χ1n) is 11.9. The van der Waals surface area contributed by atoms with Gasteiger partial charge in [0, 0.05) is 39.5 Å². The number of ketones is 1. The van der Waals surface area contributed by atoms with Crippen molar-refractivity contribution in [2.75, 3.05) is 5.32 Å². The molecular formula is C29H25F3N2O2S. The number of Topliss-reactive ketones (excluding diaryl/α,β-unsaturated/α-hetero) is 1. The third-order valence-corrected chi connectivity index (χ3v) is 8.04. The normalized spacial score (nSPS) is 20.0. The smallest absolute Gasteiger partial charge is 0.362 e. The fourth-order valence-corrected chi connectivity index (χ4v) is 6.26. The monoisotopic (exact) mass is 522 g/mol. The fourth-order valence-electron chi connectivity index (χ4n) is 5.22. The van der Waals surface area contributed by atoms with E-state index in [4.69, 9.17) is 0 Å². The van der Waals surface area contributed by atoms with Crippen LogP contribution in [0.15, 0.2) is 88.6 Å². The number of hydrogen-bond acceptors (Lipinski definition) is 4. The van der Waals surface area contributed by atoms with Gasteiger partial charge >= 0.3 is 6.18 Å². The highest BCUT2D eigenvalue weighted by Crippen LogP contribution is 2.47. The molecule has 0 saturated heterocycles. The Morgan fingerprint density at radius 1 is 1.03 bits per heavy atom. The Kier molecular flexibility index (Phi) is 6.54. The van der Waals surface area contributed by atoms with Crippen LogP contribution < -0.4 is 10.6 Å². The van der Waals surface area contributed by atoms with Gasteiger partial charge in [0.15, 0.2) is 5.78 Å². The number of hydrogen-bond donors (Lipinski definition) is 2. The number of benzene rings is 2. The number of nitrogens with one attached hydrogen (secondary N) is 2. The number of allylic oxidation sites excluding steroid dienone is 3. The van der Waals surface area contributed by atoms with Crippen molar-refractivity contribution in [1.82, 2.24) is 5.32 Å². The molecule has 0 unspecified atom stereocenters. The molecule has 190 valence electrons. The third kappa shape index (κ3) is 4.85. The van der Waals surface area contributed by atoms with Crippen molar-refractivity contribution in [3.63, 3.8) is 0 Å². The molecule has 2 heterocycles. The third-order valence-electron chi connectivity index (χ3n) is 6.95. The van der Waals surface area contributed by atoms with E-state index in [-0.39, 0.29) is 17.4 Å². The zero-order valence-corrected chi connectivity index (χ0v) is 21.1. The van der Waals surface area contributed by atoms with Crippen molar-refractivity contribution in [2.45, 2.75) is 44.7 Å². The van der Waals surface area contributed by atoms with Gasteiger partial charge in [-0.25, -0.2) is 0 Å². The summed E-state index contributed by atoms with van der Waals surface area (Å²) in [5.74, 6) is -1.13. The van der Waals surface area contributed by atoms with Gasteiger partial charge in [-0.3, -0.25) is 9.59 Å². The predicted octanol–water partition coefficient (Wildman–Crippen LogP) is 7.08. The Morgan fingerprint density at radius 2 is 1.78 bits per heavy atom. The van der Waals surface area contributed by atoms with Gasteiger partial charge in [-0.2, -0.15) is 13.2 Å². The molecule has 1 amide bonds. The Bertz CT molecular complexity index is 1440. The van der Waals surface area contributed by atoms with Crippen LogP contribution in [0.2, 0.25) is 0 Å². The summed E-state index contributed by atoms with van der Waals surface area (Å²) in [6, 6.07) is 16.4. The summed E-state index contributed by atoms with van der Waals surface area (Å²) >= 11 is 1.47. The van der Waals surface area contributed by atoms with E-state index in [1.54, 1.807) is 6.92 Å². The zero-order valence-electron chi connectivity index (χ0n) is 20.3. The van der Waals surface area contributed by atoms with E-state index in [2.05, 4.69) is 10.6 Å². The van der Waals surface area contributed by atoms with E-state index in [1.165, 1.54) is 23.5 Å². The number of aryl methyl sites for hydroxylation is 1. The van der Waals surface area contributed by atoms with Crippen LogP contribution in [0.4, 0.5) is 18.9 Å². The molecular weight excluding hydrogens is 497 g/mol. The Balaban J connectivity index is 1.53. The van der Waals surface area contributed by atoms with Gasteiger partial charge in [-0.05, 0) is 67.0 Å². The molecule has 0 fully saturated rings. The van der Waals surface area contributed by atoms with Gasteiger partial charge in [-0.15, -0.1) is 11.3 Å². The number of alkyl halides is 3. The van der Waals surface area contributed by atoms with Crippen LogP contribution in [-0.4, -0.2) is 11.7 Å². The van der Waals surface area contributed by atoms with Crippen molar-refractivity contribution in [3.05, 3.63) is 110 Å². The topological polar surface area (TPSA) is 58.2 Å². The minimum atomic E-state index is -4.53. The quantitative estimate of drug-likeness (QED) is 0.385. The van der Waals surface area contributed by atoms with Gasteiger partial charge in [0.25, 0.3) is 5.91 Å². The lowest BCUT2D eigenvalue weighted by molar-refractivity contribution is -0.137. The molecule has 1 aliphatic heterocycles. The number of carbonyl (C=O) groups is 2. The Morgan fingerprint density at radius 3 is 2.46 bits per heavy atom. The predicted molar refractivity (Wildman–Crippen MR) is 138 cm³/mol. The van der Waals surface area contributed by atoms with Crippen LogP contribution in [0.25, 0.3) is 0 Å². The number of dihydropyridines is 1. The molecule has 1 aliphatic carbocycles. The summed E-state index contributed by atoms with van der Waals surface area (Å²) in [6.45, 7) is 3.71. The molecule has 0 radical (unpaired) electrons. The first-order valence-corrected chi connectivity index (χ1v) is 12.8. The first-order chi connectivity index (χ1) is 17.6. The molecule has 37 heavy (non-hydrogen) atoms. The van der Waals surface area contributed by atoms with Gasteiger partial charge in [-0.1, -0.05) is 36.4 Å². The molecule has 2 aliphatic rings. The van der Waals surface area contributed by atoms with E-state index in [1.807, 2.05) is 48.7 Å². The van der Waals surface area contributed by atoms with Gasteiger partial charge < -0.3 is 10.6 Å². The number of carbonyl (C=O) groups excluding carboxylic acids is 2.